The van der Waals surface area contributed by atoms with E-state index in [0.717, 1.165) is 10.1 Å². The van der Waals surface area contributed by atoms with E-state index < -0.39 is 11.7 Å². The predicted molar refractivity (Wildman–Crippen MR) is 74.5 cm³/mol. The molecule has 0 atom stereocenters. The number of nitrogens with zero attached hydrogens (tertiary/aromatic N) is 1. The Morgan fingerprint density at radius 2 is 2.22 bits per heavy atom. The molecule has 2 rings (SSSR count). The van der Waals surface area contributed by atoms with Gasteiger partial charge in [-0.2, -0.15) is 0 Å². The van der Waals surface area contributed by atoms with E-state index in [1.165, 1.54) is 11.3 Å². The van der Waals surface area contributed by atoms with Crippen LogP contribution in [-0.2, 0) is 4.74 Å². The van der Waals surface area contributed by atoms with Gasteiger partial charge in [0.15, 0.2) is 0 Å². The number of hydrogen-bond donors (Lipinski definition) is 1. The van der Waals surface area contributed by atoms with Gasteiger partial charge in [-0.3, -0.25) is 5.32 Å². The van der Waals surface area contributed by atoms with Crippen LogP contribution in [0.2, 0.25) is 5.15 Å². The van der Waals surface area contributed by atoms with Gasteiger partial charge in [0.05, 0.1) is 5.00 Å². The molecule has 0 aromatic carbocycles. The number of carbonyl (C=O) groups is 1. The van der Waals surface area contributed by atoms with Crippen molar-refractivity contribution in [3.63, 3.8) is 0 Å². The minimum atomic E-state index is -0.514. The van der Waals surface area contributed by atoms with Gasteiger partial charge in [0.25, 0.3) is 0 Å². The lowest BCUT2D eigenvalue weighted by Crippen LogP contribution is -2.26. The van der Waals surface area contributed by atoms with Gasteiger partial charge in [-0.05, 0) is 32.9 Å². The van der Waals surface area contributed by atoms with E-state index in [-0.39, 0.29) is 0 Å². The fourth-order valence-electron chi connectivity index (χ4n) is 1.40. The maximum Gasteiger partial charge on any atom is 0.412 e. The standard InChI is InChI=1S/C12H13ClN2O2S/c1-12(2,3)17-11(16)15-9-6-7-8(18-9)4-5-14-10(7)13/h4-6H,1-3H3,(H,15,16). The highest BCUT2D eigenvalue weighted by molar-refractivity contribution is 7.23. The molecule has 1 N–H and O–H groups in total. The van der Waals surface area contributed by atoms with E-state index in [4.69, 9.17) is 16.3 Å². The monoisotopic (exact) mass is 284 g/mol. The number of anilines is 1. The quantitative estimate of drug-likeness (QED) is 0.795. The summed E-state index contributed by atoms with van der Waals surface area (Å²) >= 11 is 7.39. The Kier molecular flexibility index (Phi) is 3.45. The fourth-order valence-corrected chi connectivity index (χ4v) is 2.61. The first-order valence-corrected chi connectivity index (χ1v) is 6.59. The first-order chi connectivity index (χ1) is 8.35. The molecule has 0 saturated heterocycles. The third-order valence-electron chi connectivity index (χ3n) is 2.02. The molecule has 96 valence electrons. The topological polar surface area (TPSA) is 51.2 Å². The highest BCUT2D eigenvalue weighted by Gasteiger charge is 2.17. The van der Waals surface area contributed by atoms with Crippen molar-refractivity contribution in [2.45, 2.75) is 26.4 Å². The van der Waals surface area contributed by atoms with Crippen molar-refractivity contribution in [2.24, 2.45) is 0 Å². The van der Waals surface area contributed by atoms with Crippen molar-refractivity contribution in [3.8, 4) is 0 Å². The summed E-state index contributed by atoms with van der Waals surface area (Å²) in [6.07, 6.45) is 1.16. The van der Waals surface area contributed by atoms with Crippen LogP contribution in [-0.4, -0.2) is 16.7 Å². The maximum atomic E-state index is 11.6. The second-order valence-electron chi connectivity index (χ2n) is 4.75. The zero-order valence-electron chi connectivity index (χ0n) is 10.3. The molecule has 0 aliphatic heterocycles. The minimum absolute atomic E-state index is 0.431. The number of aromatic nitrogens is 1. The molecule has 18 heavy (non-hydrogen) atoms. The summed E-state index contributed by atoms with van der Waals surface area (Å²) in [5.41, 5.74) is -0.514. The molecule has 6 heteroatoms. The average molecular weight is 285 g/mol. The van der Waals surface area contributed by atoms with Crippen LogP contribution in [0.5, 0.6) is 0 Å². The lowest BCUT2D eigenvalue weighted by Gasteiger charge is -2.19. The maximum absolute atomic E-state index is 11.6. The molecular formula is C12H13ClN2O2S. The van der Waals surface area contributed by atoms with E-state index in [2.05, 4.69) is 10.3 Å². The molecule has 2 heterocycles. The molecule has 0 unspecified atom stereocenters. The van der Waals surface area contributed by atoms with Crippen LogP contribution in [0.3, 0.4) is 0 Å². The molecule has 0 aliphatic rings. The molecule has 0 fully saturated rings. The van der Waals surface area contributed by atoms with E-state index in [1.54, 1.807) is 12.3 Å². The molecule has 0 bridgehead atoms. The molecule has 0 spiro atoms. The summed E-state index contributed by atoms with van der Waals surface area (Å²) in [4.78, 5) is 15.6. The van der Waals surface area contributed by atoms with Gasteiger partial charge < -0.3 is 4.74 Å². The molecule has 2 aromatic rings. The minimum Gasteiger partial charge on any atom is -0.444 e. The number of carbonyl (C=O) groups excluding carboxylic acids is 1. The third-order valence-corrected chi connectivity index (χ3v) is 3.34. The Hall–Kier alpha value is -1.33. The van der Waals surface area contributed by atoms with Gasteiger partial charge in [-0.1, -0.05) is 11.6 Å². The smallest absolute Gasteiger partial charge is 0.412 e. The number of rotatable bonds is 1. The van der Waals surface area contributed by atoms with Crippen LogP contribution in [0.4, 0.5) is 9.80 Å². The number of hydrogen-bond acceptors (Lipinski definition) is 4. The molecule has 0 saturated carbocycles. The Bertz CT molecular complexity index is 589. The number of fused-ring (bicyclic) bond motifs is 1. The third kappa shape index (κ3) is 3.11. The second kappa shape index (κ2) is 4.74. The van der Waals surface area contributed by atoms with Crippen molar-refractivity contribution in [2.75, 3.05) is 5.32 Å². The van der Waals surface area contributed by atoms with Crippen LogP contribution in [0.25, 0.3) is 10.1 Å². The highest BCUT2D eigenvalue weighted by atomic mass is 35.5. The van der Waals surface area contributed by atoms with E-state index >= 15 is 0 Å². The molecule has 0 radical (unpaired) electrons. The summed E-state index contributed by atoms with van der Waals surface area (Å²) in [7, 11) is 0. The Morgan fingerprint density at radius 3 is 2.83 bits per heavy atom. The zero-order chi connectivity index (χ0) is 13.3. The van der Waals surface area contributed by atoms with Gasteiger partial charge >= 0.3 is 6.09 Å². The summed E-state index contributed by atoms with van der Waals surface area (Å²) < 4.78 is 6.15. The first kappa shape index (κ1) is 13.1. The number of pyridine rings is 1. The summed E-state index contributed by atoms with van der Waals surface area (Å²) in [5.74, 6) is 0. The van der Waals surface area contributed by atoms with Crippen LogP contribution < -0.4 is 5.32 Å². The number of ether oxygens (including phenoxy) is 1. The van der Waals surface area contributed by atoms with Gasteiger partial charge in [0.1, 0.15) is 10.8 Å². The second-order valence-corrected chi connectivity index (χ2v) is 6.19. The molecule has 0 aliphatic carbocycles. The normalized spacial score (nSPS) is 11.6. The Labute approximate surface area is 114 Å². The number of nitrogens with one attached hydrogen (secondary N) is 1. The van der Waals surface area contributed by atoms with Crippen molar-refractivity contribution in [1.29, 1.82) is 0 Å². The lowest BCUT2D eigenvalue weighted by molar-refractivity contribution is 0.0636. The Morgan fingerprint density at radius 1 is 1.50 bits per heavy atom. The van der Waals surface area contributed by atoms with Crippen molar-refractivity contribution < 1.29 is 9.53 Å². The fraction of sp³-hybridized carbons (Fsp3) is 0.333. The highest BCUT2D eigenvalue weighted by Crippen LogP contribution is 2.33. The van der Waals surface area contributed by atoms with Crippen LogP contribution >= 0.6 is 22.9 Å². The van der Waals surface area contributed by atoms with E-state index in [9.17, 15) is 4.79 Å². The number of amides is 1. The lowest BCUT2D eigenvalue weighted by atomic mass is 10.2. The molecule has 2 aromatic heterocycles. The summed E-state index contributed by atoms with van der Waals surface area (Å²) in [6, 6.07) is 3.64. The van der Waals surface area contributed by atoms with Crippen LogP contribution in [0.15, 0.2) is 18.3 Å². The van der Waals surface area contributed by atoms with E-state index in [0.29, 0.717) is 10.2 Å². The van der Waals surface area contributed by atoms with Crippen molar-refractivity contribution in [3.05, 3.63) is 23.5 Å². The molecule has 4 nitrogen and oxygen atoms in total. The van der Waals surface area contributed by atoms with Gasteiger partial charge in [-0.15, -0.1) is 11.3 Å². The zero-order valence-corrected chi connectivity index (χ0v) is 11.9. The number of halogens is 1. The SMILES string of the molecule is CC(C)(C)OC(=O)Nc1cc2c(Cl)nccc2s1. The number of thiophene rings is 1. The van der Waals surface area contributed by atoms with Crippen molar-refractivity contribution in [1.82, 2.24) is 4.98 Å². The Balaban J connectivity index is 2.18. The largest absolute Gasteiger partial charge is 0.444 e. The van der Waals surface area contributed by atoms with Gasteiger partial charge in [-0.25, -0.2) is 9.78 Å². The predicted octanol–water partition coefficient (Wildman–Crippen LogP) is 4.30. The first-order valence-electron chi connectivity index (χ1n) is 5.39. The van der Waals surface area contributed by atoms with E-state index in [1.807, 2.05) is 26.8 Å². The summed E-state index contributed by atoms with van der Waals surface area (Å²) in [6.45, 7) is 5.45. The van der Waals surface area contributed by atoms with Crippen LogP contribution in [0, 0.1) is 0 Å². The molecule has 1 amide bonds. The van der Waals surface area contributed by atoms with Crippen LogP contribution in [0.1, 0.15) is 20.8 Å². The summed E-state index contributed by atoms with van der Waals surface area (Å²) in [5, 5.41) is 4.64. The van der Waals surface area contributed by atoms with Gasteiger partial charge in [0.2, 0.25) is 0 Å². The molecular weight excluding hydrogens is 272 g/mol. The van der Waals surface area contributed by atoms with Gasteiger partial charge in [0, 0.05) is 16.3 Å². The average Bonchev–Trinajstić information content (AvgIpc) is 2.58. The van der Waals surface area contributed by atoms with Crippen molar-refractivity contribution >= 4 is 44.1 Å².